The number of ether oxygens (including phenoxy) is 1. The van der Waals surface area contributed by atoms with Crippen molar-refractivity contribution in [1.29, 1.82) is 0 Å². The van der Waals surface area contributed by atoms with Crippen LogP contribution in [0.25, 0.3) is 0 Å². The third kappa shape index (κ3) is 3.28. The first-order valence-corrected chi connectivity index (χ1v) is 7.59. The average Bonchev–Trinajstić information content (AvgIpc) is 3.03. The molecular weight excluding hydrogens is 264 g/mol. The minimum Gasteiger partial charge on any atom is -0.494 e. The Labute approximate surface area is 125 Å². The molecule has 1 aliphatic heterocycles. The van der Waals surface area contributed by atoms with Crippen LogP contribution >= 0.6 is 0 Å². The van der Waals surface area contributed by atoms with Gasteiger partial charge in [0.2, 0.25) is 0 Å². The van der Waals surface area contributed by atoms with Gasteiger partial charge in [0.15, 0.2) is 0 Å². The molecule has 0 amide bonds. The maximum atomic E-state index is 5.70. The topological polar surface area (TPSA) is 37.6 Å². The molecule has 1 aromatic heterocycles. The molecule has 4 nitrogen and oxygen atoms in total. The Hall–Kier alpha value is -1.78. The lowest BCUT2D eigenvalue weighted by Gasteiger charge is -2.34. The van der Waals surface area contributed by atoms with E-state index >= 15 is 0 Å². The van der Waals surface area contributed by atoms with Crippen LogP contribution in [-0.2, 0) is 0 Å². The first-order valence-electron chi connectivity index (χ1n) is 7.59. The van der Waals surface area contributed by atoms with Gasteiger partial charge < -0.3 is 14.5 Å². The number of piperazine rings is 1. The Bertz CT molecular complexity index is 548. The molecule has 1 aromatic carbocycles. The van der Waals surface area contributed by atoms with E-state index in [0.29, 0.717) is 6.61 Å². The van der Waals surface area contributed by atoms with E-state index < -0.39 is 0 Å². The normalized spacial score (nSPS) is 17.6. The standard InChI is InChI=1S/C17H22N2O2/c1-2-20-15-6-3-5-14(13-15)17(16-7-4-12-21-16)19-10-8-18-9-11-19/h3-7,12-13,17-18H,2,8-11H2,1H3. The van der Waals surface area contributed by atoms with Gasteiger partial charge in [-0.1, -0.05) is 12.1 Å². The van der Waals surface area contributed by atoms with Crippen LogP contribution in [0, 0.1) is 0 Å². The number of benzene rings is 1. The molecular formula is C17H22N2O2. The Morgan fingerprint density at radius 1 is 1.24 bits per heavy atom. The second-order valence-corrected chi connectivity index (χ2v) is 5.21. The molecule has 1 atom stereocenters. The van der Waals surface area contributed by atoms with Gasteiger partial charge in [-0.15, -0.1) is 0 Å². The number of nitrogens with zero attached hydrogens (tertiary/aromatic N) is 1. The molecule has 0 bridgehead atoms. The fourth-order valence-corrected chi connectivity index (χ4v) is 2.88. The summed E-state index contributed by atoms with van der Waals surface area (Å²) in [6.45, 7) is 6.76. The summed E-state index contributed by atoms with van der Waals surface area (Å²) >= 11 is 0. The van der Waals surface area contributed by atoms with Crippen molar-refractivity contribution in [3.05, 3.63) is 54.0 Å². The number of furan rings is 1. The van der Waals surface area contributed by atoms with Crippen molar-refractivity contribution in [3.8, 4) is 5.75 Å². The van der Waals surface area contributed by atoms with Gasteiger partial charge in [0.05, 0.1) is 18.9 Å². The van der Waals surface area contributed by atoms with Crippen LogP contribution in [0.15, 0.2) is 47.1 Å². The monoisotopic (exact) mass is 286 g/mol. The van der Waals surface area contributed by atoms with Gasteiger partial charge in [-0.2, -0.15) is 0 Å². The third-order valence-electron chi connectivity index (χ3n) is 3.81. The summed E-state index contributed by atoms with van der Waals surface area (Å²) < 4.78 is 11.3. The lowest BCUT2D eigenvalue weighted by molar-refractivity contribution is 0.179. The molecule has 0 saturated carbocycles. The summed E-state index contributed by atoms with van der Waals surface area (Å²) in [5.74, 6) is 1.91. The maximum Gasteiger partial charge on any atom is 0.125 e. The summed E-state index contributed by atoms with van der Waals surface area (Å²) in [5, 5.41) is 3.40. The third-order valence-corrected chi connectivity index (χ3v) is 3.81. The maximum absolute atomic E-state index is 5.70. The molecule has 0 aliphatic carbocycles. The van der Waals surface area contributed by atoms with Gasteiger partial charge in [-0.3, -0.25) is 4.90 Å². The van der Waals surface area contributed by atoms with Crippen LogP contribution in [0.3, 0.4) is 0 Å². The SMILES string of the molecule is CCOc1cccc(C(c2ccco2)N2CCNCC2)c1. The summed E-state index contributed by atoms with van der Waals surface area (Å²) in [4.78, 5) is 2.46. The highest BCUT2D eigenvalue weighted by Gasteiger charge is 2.26. The van der Waals surface area contributed by atoms with Crippen LogP contribution in [0.5, 0.6) is 5.75 Å². The van der Waals surface area contributed by atoms with Crippen molar-refractivity contribution >= 4 is 0 Å². The molecule has 0 radical (unpaired) electrons. The van der Waals surface area contributed by atoms with Crippen molar-refractivity contribution in [3.63, 3.8) is 0 Å². The van der Waals surface area contributed by atoms with Crippen molar-refractivity contribution in [1.82, 2.24) is 10.2 Å². The second-order valence-electron chi connectivity index (χ2n) is 5.21. The molecule has 2 heterocycles. The van der Waals surface area contributed by atoms with E-state index in [-0.39, 0.29) is 6.04 Å². The molecule has 3 rings (SSSR count). The van der Waals surface area contributed by atoms with Gasteiger partial charge in [-0.25, -0.2) is 0 Å². The largest absolute Gasteiger partial charge is 0.494 e. The van der Waals surface area contributed by atoms with Crippen molar-refractivity contribution < 1.29 is 9.15 Å². The summed E-state index contributed by atoms with van der Waals surface area (Å²) in [6, 6.07) is 12.5. The van der Waals surface area contributed by atoms with Gasteiger partial charge in [0.1, 0.15) is 11.5 Å². The zero-order valence-electron chi connectivity index (χ0n) is 12.4. The Morgan fingerprint density at radius 3 is 2.81 bits per heavy atom. The van der Waals surface area contributed by atoms with Crippen molar-refractivity contribution in [2.24, 2.45) is 0 Å². The number of hydrogen-bond acceptors (Lipinski definition) is 4. The minimum atomic E-state index is 0.155. The first kappa shape index (κ1) is 14.2. The van der Waals surface area contributed by atoms with E-state index in [2.05, 4.69) is 34.5 Å². The second kappa shape index (κ2) is 6.78. The molecule has 4 heteroatoms. The summed E-state index contributed by atoms with van der Waals surface area (Å²) in [7, 11) is 0. The van der Waals surface area contributed by atoms with E-state index in [0.717, 1.165) is 37.7 Å². The van der Waals surface area contributed by atoms with E-state index in [1.165, 1.54) is 5.56 Å². The van der Waals surface area contributed by atoms with Crippen LogP contribution in [0.2, 0.25) is 0 Å². The van der Waals surface area contributed by atoms with Crippen molar-refractivity contribution in [2.75, 3.05) is 32.8 Å². The van der Waals surface area contributed by atoms with Crippen LogP contribution < -0.4 is 10.1 Å². The average molecular weight is 286 g/mol. The fourth-order valence-electron chi connectivity index (χ4n) is 2.88. The van der Waals surface area contributed by atoms with Gasteiger partial charge >= 0.3 is 0 Å². The van der Waals surface area contributed by atoms with Crippen molar-refractivity contribution in [2.45, 2.75) is 13.0 Å². The lowest BCUT2D eigenvalue weighted by Crippen LogP contribution is -2.45. The molecule has 1 fully saturated rings. The predicted molar refractivity (Wildman–Crippen MR) is 82.6 cm³/mol. The van der Waals surface area contributed by atoms with Gasteiger partial charge in [0, 0.05) is 26.2 Å². The van der Waals surface area contributed by atoms with E-state index in [1.807, 2.05) is 19.1 Å². The van der Waals surface area contributed by atoms with Crippen LogP contribution in [0.1, 0.15) is 24.3 Å². The molecule has 1 unspecified atom stereocenters. The highest BCUT2D eigenvalue weighted by molar-refractivity contribution is 5.34. The molecule has 112 valence electrons. The molecule has 1 N–H and O–H groups in total. The molecule has 0 spiro atoms. The minimum absolute atomic E-state index is 0.155. The zero-order valence-corrected chi connectivity index (χ0v) is 12.4. The molecule has 1 saturated heterocycles. The van der Waals surface area contributed by atoms with Crippen LogP contribution in [0.4, 0.5) is 0 Å². The summed E-state index contributed by atoms with van der Waals surface area (Å²) in [5.41, 5.74) is 1.22. The predicted octanol–water partition coefficient (Wildman–Crippen LogP) is 2.67. The Morgan fingerprint density at radius 2 is 2.10 bits per heavy atom. The fraction of sp³-hybridized carbons (Fsp3) is 0.412. The van der Waals surface area contributed by atoms with Crippen LogP contribution in [-0.4, -0.2) is 37.7 Å². The first-order chi connectivity index (χ1) is 10.4. The molecule has 1 aliphatic rings. The van der Waals surface area contributed by atoms with Gasteiger partial charge in [-0.05, 0) is 36.8 Å². The highest BCUT2D eigenvalue weighted by atomic mass is 16.5. The number of nitrogens with one attached hydrogen (secondary N) is 1. The quantitative estimate of drug-likeness (QED) is 0.917. The van der Waals surface area contributed by atoms with E-state index in [1.54, 1.807) is 6.26 Å². The highest BCUT2D eigenvalue weighted by Crippen LogP contribution is 2.31. The van der Waals surface area contributed by atoms with E-state index in [4.69, 9.17) is 9.15 Å². The Kier molecular flexibility index (Phi) is 4.58. The number of hydrogen-bond donors (Lipinski definition) is 1. The molecule has 2 aromatic rings. The summed E-state index contributed by atoms with van der Waals surface area (Å²) in [6.07, 6.45) is 1.75. The Balaban J connectivity index is 1.92. The smallest absolute Gasteiger partial charge is 0.125 e. The molecule has 21 heavy (non-hydrogen) atoms. The van der Waals surface area contributed by atoms with E-state index in [9.17, 15) is 0 Å². The van der Waals surface area contributed by atoms with Gasteiger partial charge in [0.25, 0.3) is 0 Å². The lowest BCUT2D eigenvalue weighted by atomic mass is 10.0. The zero-order chi connectivity index (χ0) is 14.5. The number of rotatable bonds is 5.